The fourth-order valence-electron chi connectivity index (χ4n) is 0. The summed E-state index contributed by atoms with van der Waals surface area (Å²) in [5.74, 6) is 0. The average Bonchev–Trinajstić information content (AvgIpc) is 0. The van der Waals surface area contributed by atoms with Gasteiger partial charge in [0.15, 0.2) is 0 Å². The van der Waals surface area contributed by atoms with Gasteiger partial charge in [-0.05, 0) is 0 Å². The Morgan fingerprint density at radius 1 is 0.800 bits per heavy atom. The molecule has 0 bridgehead atoms. The van der Waals surface area contributed by atoms with Crippen molar-refractivity contribution in [1.29, 1.82) is 0 Å². The molecule has 0 rings (SSSR count). The molecule has 0 saturated heterocycles. The molecule has 0 saturated carbocycles. The van der Waals surface area contributed by atoms with Crippen LogP contribution in [-0.2, 0) is 0 Å². The number of rotatable bonds is 0. The molecule has 0 aromatic heterocycles. The van der Waals surface area contributed by atoms with Gasteiger partial charge in [0.05, 0.1) is 0 Å². The van der Waals surface area contributed by atoms with Crippen LogP contribution in [0.4, 0.5) is 0 Å². The minimum atomic E-state index is 0. The van der Waals surface area contributed by atoms with E-state index < -0.39 is 0 Å². The Morgan fingerprint density at radius 2 is 0.800 bits per heavy atom. The van der Waals surface area contributed by atoms with E-state index in [0.717, 1.165) is 0 Å². The average molecular weight is 255 g/mol. The second kappa shape index (κ2) is 22.6. The Balaban J connectivity index is 0. The molecule has 3 N–H and O–H groups in total. The van der Waals surface area contributed by atoms with E-state index in [9.17, 15) is 0 Å². The molecule has 0 aliphatic carbocycles. The molecule has 20 valence electrons. The van der Waals surface area contributed by atoms with Crippen LogP contribution in [0, 0.1) is 0 Å². The van der Waals surface area contributed by atoms with Crippen molar-refractivity contribution in [3.8, 4) is 0 Å². The van der Waals surface area contributed by atoms with Gasteiger partial charge in [0, 0.05) is 0 Å². The summed E-state index contributed by atoms with van der Waals surface area (Å²) in [7, 11) is 0. The minimum absolute atomic E-state index is 0. The third-order valence-electron chi connectivity index (χ3n) is 0. The minimum Gasteiger partial charge on any atom is 1.00 e. The van der Waals surface area contributed by atoms with Gasteiger partial charge in [-0.2, -0.15) is 0 Å². The summed E-state index contributed by atoms with van der Waals surface area (Å²) < 4.78 is 0. The molecular weight excluding hydrogens is 246 g/mol. The molecule has 5 heavy (non-hydrogen) atoms. The molecule has 0 fully saturated rings. The summed E-state index contributed by atoms with van der Waals surface area (Å²) in [4.78, 5) is 0. The fourth-order valence-corrected chi connectivity index (χ4v) is 0. The quantitative estimate of drug-likeness (QED) is 0.429. The van der Waals surface area contributed by atoms with Crippen molar-refractivity contribution >= 4 is 25.8 Å². The van der Waals surface area contributed by atoms with Crippen molar-refractivity contribution < 1.29 is 158 Å². The Morgan fingerprint density at radius 3 is 0.800 bits per heavy atom. The smallest absolute Gasteiger partial charge is 1.00 e. The first-order chi connectivity index (χ1) is 0. The molecule has 0 unspecified atom stereocenters. The molecule has 1 nitrogen and oxygen atoms in total. The van der Waals surface area contributed by atoms with Crippen LogP contribution in [0.15, 0.2) is 0 Å². The Labute approximate surface area is 184 Å². The van der Waals surface area contributed by atoms with Crippen LogP contribution in [0.5, 0.6) is 0 Å². The van der Waals surface area contributed by atoms with Crippen molar-refractivity contribution in [2.24, 2.45) is 0 Å². The third-order valence-corrected chi connectivity index (χ3v) is 0. The molecule has 0 spiro atoms. The molecule has 0 amide bonds. The van der Waals surface area contributed by atoms with Crippen LogP contribution < -0.4 is 160 Å². The zero-order valence-corrected chi connectivity index (χ0v) is 13.1. The first-order valence-electron chi connectivity index (χ1n) is 0. The molecule has 0 radical (unpaired) electrons. The van der Waals surface area contributed by atoms with E-state index in [1.54, 1.807) is 0 Å². The standard InChI is InChI=1S/In.3K.H3N.6H/h;;;;1H3;;;;;;/q;3*+1;;;;;3*-1. The summed E-state index contributed by atoms with van der Waals surface area (Å²) >= 11 is 0. The summed E-state index contributed by atoms with van der Waals surface area (Å²) in [6, 6.07) is 0. The van der Waals surface area contributed by atoms with Crippen LogP contribution in [0.1, 0.15) is 4.28 Å². The Kier molecular flexibility index (Phi) is 140. The summed E-state index contributed by atoms with van der Waals surface area (Å²) in [5.41, 5.74) is 0. The molecule has 0 heterocycles. The maximum Gasteiger partial charge on any atom is 1.00 e. The van der Waals surface area contributed by atoms with Gasteiger partial charge in [-0.25, -0.2) is 0 Å². The summed E-state index contributed by atoms with van der Waals surface area (Å²) in [5, 5.41) is 0. The SMILES string of the molecule is N.[H-].[H-].[H-].[InH3].[K+].[K+].[K+]. The molecule has 0 aromatic carbocycles. The monoisotopic (exact) mass is 255 g/mol. The summed E-state index contributed by atoms with van der Waals surface area (Å²) in [6.07, 6.45) is 0. The van der Waals surface area contributed by atoms with Gasteiger partial charge in [-0.3, -0.25) is 0 Å². The zero-order chi connectivity index (χ0) is 0. The molecule has 5 heteroatoms. The topological polar surface area (TPSA) is 35.0 Å². The molecule has 0 aromatic rings. The van der Waals surface area contributed by atoms with E-state index in [1.807, 2.05) is 0 Å². The number of hydrogen-bond donors (Lipinski definition) is 1. The van der Waals surface area contributed by atoms with Crippen molar-refractivity contribution in [2.75, 3.05) is 0 Å². The van der Waals surface area contributed by atoms with E-state index in [-0.39, 0.29) is 190 Å². The Bertz CT molecular complexity index is 14.5. The van der Waals surface area contributed by atoms with Crippen LogP contribution in [0.25, 0.3) is 0 Å². The van der Waals surface area contributed by atoms with E-state index in [1.165, 1.54) is 0 Å². The van der Waals surface area contributed by atoms with Gasteiger partial charge in [-0.15, -0.1) is 0 Å². The van der Waals surface area contributed by atoms with Crippen LogP contribution >= 0.6 is 0 Å². The van der Waals surface area contributed by atoms with Gasteiger partial charge in [0.2, 0.25) is 0 Å². The van der Waals surface area contributed by atoms with Crippen LogP contribution in [0.3, 0.4) is 0 Å². The van der Waals surface area contributed by atoms with Gasteiger partial charge in [-0.1, -0.05) is 0 Å². The molecule has 0 atom stereocenters. The van der Waals surface area contributed by atoms with Crippen LogP contribution in [-0.4, -0.2) is 25.8 Å². The predicted octanol–water partition coefficient (Wildman–Crippen LogP) is -9.67. The van der Waals surface area contributed by atoms with Crippen molar-refractivity contribution in [3.63, 3.8) is 0 Å². The summed E-state index contributed by atoms with van der Waals surface area (Å²) in [6.45, 7) is 0. The maximum absolute atomic E-state index is 0. The zero-order valence-electron chi connectivity index (χ0n) is 6.71. The maximum atomic E-state index is 0. The van der Waals surface area contributed by atoms with E-state index >= 15 is 0 Å². The van der Waals surface area contributed by atoms with E-state index in [2.05, 4.69) is 0 Å². The Hall–Kier alpha value is 5.74. The van der Waals surface area contributed by atoms with Gasteiger partial charge in [0.25, 0.3) is 0 Å². The van der Waals surface area contributed by atoms with Crippen molar-refractivity contribution in [3.05, 3.63) is 0 Å². The fraction of sp³-hybridized carbons (Fsp3) is 0. The normalized spacial score (nSPS) is 0. The second-order valence-corrected chi connectivity index (χ2v) is 0. The van der Waals surface area contributed by atoms with Gasteiger partial charge in [0.1, 0.15) is 0 Å². The predicted molar refractivity (Wildman–Crippen MR) is 18.3 cm³/mol. The van der Waals surface area contributed by atoms with Crippen molar-refractivity contribution in [2.45, 2.75) is 0 Å². The van der Waals surface area contributed by atoms with Crippen LogP contribution in [0.2, 0.25) is 0 Å². The second-order valence-electron chi connectivity index (χ2n) is 0. The first kappa shape index (κ1) is 30.9. The molecule has 0 aliphatic rings. The van der Waals surface area contributed by atoms with E-state index in [4.69, 9.17) is 0 Å². The van der Waals surface area contributed by atoms with Gasteiger partial charge >= 0.3 is 180 Å². The van der Waals surface area contributed by atoms with Gasteiger partial charge < -0.3 is 10.4 Å². The molecular formula is H9InK3N. The van der Waals surface area contributed by atoms with E-state index in [0.29, 0.717) is 0 Å². The third kappa shape index (κ3) is 17.7. The number of hydrogen-bond acceptors (Lipinski definition) is 1. The first-order valence-corrected chi connectivity index (χ1v) is 0. The molecule has 0 aliphatic heterocycles. The van der Waals surface area contributed by atoms with Crippen molar-refractivity contribution in [1.82, 2.24) is 6.15 Å². The largest absolute Gasteiger partial charge is 1.00 e.